The first-order valence-electron chi connectivity index (χ1n) is 16.4. The van der Waals surface area contributed by atoms with Gasteiger partial charge >= 0.3 is 281 Å². The van der Waals surface area contributed by atoms with Crippen molar-refractivity contribution in [3.05, 3.63) is 163 Å². The Morgan fingerprint density at radius 2 is 1.19 bits per heavy atom. The summed E-state index contributed by atoms with van der Waals surface area (Å²) in [6.07, 6.45) is 0. The number of fused-ring (bicyclic) bond motifs is 11. The van der Waals surface area contributed by atoms with Crippen molar-refractivity contribution >= 4 is 83.2 Å². The van der Waals surface area contributed by atoms with E-state index in [1.165, 1.54) is 90.9 Å². The van der Waals surface area contributed by atoms with Crippen LogP contribution in [0.4, 0.5) is 17.1 Å². The number of hydrogen-bond acceptors (Lipinski definition) is 1. The molecule has 47 heavy (non-hydrogen) atoms. The van der Waals surface area contributed by atoms with Crippen LogP contribution in [0.3, 0.4) is 0 Å². The molecule has 0 atom stereocenters. The quantitative estimate of drug-likeness (QED) is 0.134. The molecule has 1 heterocycles. The summed E-state index contributed by atoms with van der Waals surface area (Å²) in [5.41, 5.74) is 8.97. The number of nitrogens with zero attached hydrogens (tertiary/aromatic N) is 1. The molecule has 1 aromatic heterocycles. The van der Waals surface area contributed by atoms with E-state index in [9.17, 15) is 0 Å². The van der Waals surface area contributed by atoms with Gasteiger partial charge in [0, 0.05) is 0 Å². The van der Waals surface area contributed by atoms with Gasteiger partial charge in [0.05, 0.1) is 0 Å². The van der Waals surface area contributed by atoms with Gasteiger partial charge in [0.25, 0.3) is 0 Å². The monoisotopic (exact) mass is 665 g/mol. The Morgan fingerprint density at radius 3 is 2.09 bits per heavy atom. The summed E-state index contributed by atoms with van der Waals surface area (Å²) in [6.45, 7) is 4.74. The van der Waals surface area contributed by atoms with Crippen molar-refractivity contribution in [3.63, 3.8) is 0 Å². The van der Waals surface area contributed by atoms with E-state index in [-0.39, 0.29) is 19.9 Å². The second-order valence-electron chi connectivity index (χ2n) is 13.3. The van der Waals surface area contributed by atoms with E-state index in [0.29, 0.717) is 0 Å². The van der Waals surface area contributed by atoms with Gasteiger partial charge in [-0.05, 0) is 0 Å². The van der Waals surface area contributed by atoms with E-state index in [1.54, 1.807) is 0 Å². The van der Waals surface area contributed by atoms with Crippen molar-refractivity contribution in [2.24, 2.45) is 0 Å². The molecule has 0 aliphatic heterocycles. The predicted molar refractivity (Wildman–Crippen MR) is 203 cm³/mol. The second-order valence-corrected chi connectivity index (χ2v) is 15.5. The molecule has 9 aromatic rings. The molecule has 1 aliphatic rings. The molecule has 0 N–H and O–H groups in total. The molecule has 0 spiro atoms. The van der Waals surface area contributed by atoms with Gasteiger partial charge in [-0.25, -0.2) is 0 Å². The van der Waals surface area contributed by atoms with Crippen LogP contribution in [0.2, 0.25) is 0 Å². The molecule has 1 aliphatic carbocycles. The summed E-state index contributed by atoms with van der Waals surface area (Å²) in [7, 11) is 0. The Morgan fingerprint density at radius 1 is 0.489 bits per heavy atom. The van der Waals surface area contributed by atoms with Crippen LogP contribution in [-0.4, -0.2) is 14.5 Å². The summed E-state index contributed by atoms with van der Waals surface area (Å²) in [5, 5.41) is 10.6. The third-order valence-corrected chi connectivity index (χ3v) is 12.9. The standard InChI is InChI=1S/C45H31NSe/c1-45(2)37-18-9-7-17-35(37)43-38(45)19-11-20-39(43)46(31-23-22-28-12-3-4-13-29(28)26-31)40-27-30-14-5-6-15-32(30)42-36(40)25-24-34-33-16-8-10-21-41(33)47-44(34)42/h3-27H,1-2H3. The van der Waals surface area contributed by atoms with Crippen LogP contribution in [0, 0.1) is 0 Å². The molecular formula is C45H31NSe. The molecule has 8 aromatic carbocycles. The summed E-state index contributed by atoms with van der Waals surface area (Å²) in [4.78, 5) is 2.56. The van der Waals surface area contributed by atoms with Gasteiger partial charge in [0.15, 0.2) is 0 Å². The van der Waals surface area contributed by atoms with Crippen LogP contribution < -0.4 is 4.90 Å². The normalized spacial score (nSPS) is 13.5. The fourth-order valence-electron chi connectivity index (χ4n) is 8.18. The zero-order valence-electron chi connectivity index (χ0n) is 26.3. The molecule has 0 radical (unpaired) electrons. The predicted octanol–water partition coefficient (Wildman–Crippen LogP) is 12.3. The molecule has 0 fully saturated rings. The van der Waals surface area contributed by atoms with E-state index in [0.717, 1.165) is 0 Å². The van der Waals surface area contributed by atoms with Gasteiger partial charge in [0.2, 0.25) is 0 Å². The van der Waals surface area contributed by atoms with Gasteiger partial charge in [-0.15, -0.1) is 0 Å². The minimum atomic E-state index is -0.0858. The van der Waals surface area contributed by atoms with Gasteiger partial charge in [-0.2, -0.15) is 0 Å². The van der Waals surface area contributed by atoms with Crippen LogP contribution in [0.25, 0.3) is 62.7 Å². The molecule has 10 rings (SSSR count). The fourth-order valence-corrected chi connectivity index (χ4v) is 10.8. The Balaban J connectivity index is 1.36. The molecule has 1 nitrogen and oxygen atoms in total. The van der Waals surface area contributed by atoms with Gasteiger partial charge in [0.1, 0.15) is 0 Å². The Bertz CT molecular complexity index is 2730. The number of hydrogen-bond donors (Lipinski definition) is 0. The average molecular weight is 665 g/mol. The fraction of sp³-hybridized carbons (Fsp3) is 0.0667. The SMILES string of the molecule is CC1(C)c2ccccc2-c2c(N(c3ccc4ccccc4c3)c3cc4ccccc4c4c3ccc3c5ccccc5[se]c34)cccc21. The zero-order valence-corrected chi connectivity index (χ0v) is 28.0. The van der Waals surface area contributed by atoms with Crippen molar-refractivity contribution < 1.29 is 0 Å². The van der Waals surface area contributed by atoms with Crippen LogP contribution in [-0.2, 0) is 5.41 Å². The molecule has 0 saturated carbocycles. The van der Waals surface area contributed by atoms with Gasteiger partial charge in [-0.3, -0.25) is 0 Å². The van der Waals surface area contributed by atoms with Crippen molar-refractivity contribution in [2.75, 3.05) is 4.90 Å². The van der Waals surface area contributed by atoms with E-state index in [1.807, 2.05) is 0 Å². The summed E-state index contributed by atoms with van der Waals surface area (Å²) < 4.78 is 2.97. The van der Waals surface area contributed by atoms with Crippen LogP contribution >= 0.6 is 0 Å². The average Bonchev–Trinajstić information content (AvgIpc) is 3.61. The van der Waals surface area contributed by atoms with Crippen molar-refractivity contribution in [3.8, 4) is 11.1 Å². The van der Waals surface area contributed by atoms with E-state index in [2.05, 4.69) is 170 Å². The zero-order chi connectivity index (χ0) is 31.3. The molecule has 222 valence electrons. The molecule has 2 heteroatoms. The van der Waals surface area contributed by atoms with Crippen LogP contribution in [0.15, 0.2) is 152 Å². The first kappa shape index (κ1) is 27.0. The van der Waals surface area contributed by atoms with Crippen LogP contribution in [0.5, 0.6) is 0 Å². The number of benzene rings is 8. The van der Waals surface area contributed by atoms with Crippen molar-refractivity contribution in [1.82, 2.24) is 0 Å². The molecule has 0 bridgehead atoms. The van der Waals surface area contributed by atoms with E-state index in [4.69, 9.17) is 0 Å². The summed E-state index contributed by atoms with van der Waals surface area (Å²) in [5.74, 6) is 0. The maximum atomic E-state index is 2.56. The third kappa shape index (κ3) is 3.83. The Hall–Kier alpha value is -5.14. The van der Waals surface area contributed by atoms with E-state index >= 15 is 0 Å². The Labute approximate surface area is 280 Å². The number of anilines is 3. The summed E-state index contributed by atoms with van der Waals surface area (Å²) in [6, 6.07) is 56.8. The third-order valence-electron chi connectivity index (χ3n) is 10.4. The van der Waals surface area contributed by atoms with Crippen molar-refractivity contribution in [1.29, 1.82) is 0 Å². The topological polar surface area (TPSA) is 3.24 Å². The van der Waals surface area contributed by atoms with Gasteiger partial charge in [-0.1, -0.05) is 0 Å². The Kier molecular flexibility index (Phi) is 5.71. The number of rotatable bonds is 3. The van der Waals surface area contributed by atoms with Gasteiger partial charge < -0.3 is 0 Å². The summed E-state index contributed by atoms with van der Waals surface area (Å²) >= 11 is 0.234. The minimum absolute atomic E-state index is 0.0858. The molecule has 0 amide bonds. The first-order valence-corrected chi connectivity index (χ1v) is 18.1. The molecule has 0 unspecified atom stereocenters. The van der Waals surface area contributed by atoms with Crippen LogP contribution in [0.1, 0.15) is 25.0 Å². The van der Waals surface area contributed by atoms with Crippen molar-refractivity contribution in [2.45, 2.75) is 19.3 Å². The molecular weight excluding hydrogens is 633 g/mol. The van der Waals surface area contributed by atoms with E-state index < -0.39 is 0 Å². The first-order chi connectivity index (χ1) is 23.1. The molecule has 0 saturated heterocycles. The second kappa shape index (κ2) is 9.93. The maximum absolute atomic E-state index is 2.56.